The van der Waals surface area contributed by atoms with E-state index >= 15 is 0 Å². The molecule has 0 aromatic rings. The van der Waals surface area contributed by atoms with Crippen LogP contribution in [0.4, 0.5) is 0 Å². The largest absolute Gasteiger partial charge is 0.466 e. The molecule has 52 heavy (non-hydrogen) atoms. The first-order valence-electron chi connectivity index (χ1n) is 25.0. The fourth-order valence-electron chi connectivity index (χ4n) is 8.02. The predicted molar refractivity (Wildman–Crippen MR) is 235 cm³/mol. The predicted octanol–water partition coefficient (Wildman–Crippen LogP) is 18.5. The summed E-state index contributed by atoms with van der Waals surface area (Å²) in [6.07, 6.45) is 63.9. The lowest BCUT2D eigenvalue weighted by Gasteiger charge is -2.06. The Morgan fingerprint density at radius 2 is 0.423 bits per heavy atom. The minimum atomic E-state index is 0.0339. The molecule has 0 atom stereocenters. The van der Waals surface area contributed by atoms with Crippen molar-refractivity contribution in [2.45, 2.75) is 309 Å². The molecule has 2 heteroatoms. The molecule has 0 amide bonds. The fraction of sp³-hybridized carbons (Fsp3) is 0.980. The molecule has 0 heterocycles. The minimum absolute atomic E-state index is 0.0339. The molecular weight excluding hydrogens is 633 g/mol. The van der Waals surface area contributed by atoms with Crippen LogP contribution in [0.3, 0.4) is 0 Å². The van der Waals surface area contributed by atoms with Crippen LogP contribution in [0.2, 0.25) is 0 Å². The first-order valence-corrected chi connectivity index (χ1v) is 25.0. The molecule has 0 aliphatic carbocycles. The Morgan fingerprint density at radius 1 is 0.250 bits per heavy atom. The van der Waals surface area contributed by atoms with E-state index in [1.165, 1.54) is 276 Å². The average Bonchev–Trinajstić information content (AvgIpc) is 3.15. The van der Waals surface area contributed by atoms with Gasteiger partial charge in [-0.25, -0.2) is 0 Å². The summed E-state index contributed by atoms with van der Waals surface area (Å²) in [5.74, 6) is 0.0339. The smallest absolute Gasteiger partial charge is 0.305 e. The summed E-state index contributed by atoms with van der Waals surface area (Å²) in [6, 6.07) is 0. The molecule has 0 unspecified atom stereocenters. The second kappa shape index (κ2) is 48.5. The van der Waals surface area contributed by atoms with Gasteiger partial charge in [0.1, 0.15) is 0 Å². The third-order valence-corrected chi connectivity index (χ3v) is 11.7. The van der Waals surface area contributed by atoms with Crippen molar-refractivity contribution in [3.8, 4) is 0 Å². The fourth-order valence-corrected chi connectivity index (χ4v) is 8.02. The Morgan fingerprint density at radius 3 is 0.635 bits per heavy atom. The topological polar surface area (TPSA) is 26.3 Å². The number of rotatable bonds is 47. The zero-order chi connectivity index (χ0) is 37.5. The summed E-state index contributed by atoms with van der Waals surface area (Å²) in [4.78, 5) is 12.0. The Kier molecular flexibility index (Phi) is 48.0. The van der Waals surface area contributed by atoms with Gasteiger partial charge in [-0.1, -0.05) is 290 Å². The average molecular weight is 733 g/mol. The van der Waals surface area contributed by atoms with Gasteiger partial charge in [0, 0.05) is 6.42 Å². The van der Waals surface area contributed by atoms with Crippen molar-refractivity contribution >= 4 is 5.97 Å². The minimum Gasteiger partial charge on any atom is -0.466 e. The maximum absolute atomic E-state index is 12.0. The Balaban J connectivity index is 3.14. The lowest BCUT2D eigenvalue weighted by atomic mass is 10.0. The lowest BCUT2D eigenvalue weighted by Crippen LogP contribution is -2.05. The Hall–Kier alpha value is -0.530. The highest BCUT2D eigenvalue weighted by Crippen LogP contribution is 2.17. The molecule has 2 nitrogen and oxygen atoms in total. The monoisotopic (exact) mass is 733 g/mol. The molecule has 0 bridgehead atoms. The van der Waals surface area contributed by atoms with E-state index in [1.807, 2.05) is 0 Å². The number of ether oxygens (including phenoxy) is 1. The second-order valence-corrected chi connectivity index (χ2v) is 17.2. The summed E-state index contributed by atoms with van der Waals surface area (Å²) in [5, 5.41) is 0. The van der Waals surface area contributed by atoms with Gasteiger partial charge in [0.05, 0.1) is 6.61 Å². The van der Waals surface area contributed by atoms with Crippen LogP contribution in [0.25, 0.3) is 0 Å². The molecule has 0 radical (unpaired) electrons. The van der Waals surface area contributed by atoms with Crippen LogP contribution in [-0.4, -0.2) is 12.6 Å². The van der Waals surface area contributed by atoms with Gasteiger partial charge < -0.3 is 4.74 Å². The van der Waals surface area contributed by atoms with Gasteiger partial charge in [0.25, 0.3) is 0 Å². The van der Waals surface area contributed by atoms with Crippen molar-refractivity contribution in [1.29, 1.82) is 0 Å². The third kappa shape index (κ3) is 47.5. The number of unbranched alkanes of at least 4 members (excludes halogenated alkanes) is 43. The summed E-state index contributed by atoms with van der Waals surface area (Å²) in [7, 11) is 0. The number of esters is 1. The highest BCUT2D eigenvalue weighted by molar-refractivity contribution is 5.69. The standard InChI is InChI=1S/C50H100O2/c1-3-5-7-9-11-13-15-17-19-21-23-24-25-26-27-28-29-31-33-35-37-39-41-43-45-47-49-52-50(51)48-46-44-42-40-38-36-34-32-30-22-20-18-16-14-12-10-8-6-4-2/h3-49H2,1-2H3. The van der Waals surface area contributed by atoms with E-state index in [4.69, 9.17) is 4.74 Å². The molecule has 0 N–H and O–H groups in total. The van der Waals surface area contributed by atoms with Gasteiger partial charge in [-0.2, -0.15) is 0 Å². The van der Waals surface area contributed by atoms with Crippen LogP contribution in [0, 0.1) is 0 Å². The number of hydrogen-bond acceptors (Lipinski definition) is 2. The molecule has 0 saturated heterocycles. The zero-order valence-electron chi connectivity index (χ0n) is 36.6. The molecule has 0 aliphatic rings. The van der Waals surface area contributed by atoms with Crippen molar-refractivity contribution in [3.63, 3.8) is 0 Å². The summed E-state index contributed by atoms with van der Waals surface area (Å²) >= 11 is 0. The van der Waals surface area contributed by atoms with Gasteiger partial charge in [-0.3, -0.25) is 4.79 Å². The van der Waals surface area contributed by atoms with Gasteiger partial charge in [-0.15, -0.1) is 0 Å². The van der Waals surface area contributed by atoms with Crippen LogP contribution >= 0.6 is 0 Å². The van der Waals surface area contributed by atoms with Crippen LogP contribution in [0.5, 0.6) is 0 Å². The maximum atomic E-state index is 12.0. The molecule has 312 valence electrons. The second-order valence-electron chi connectivity index (χ2n) is 17.2. The van der Waals surface area contributed by atoms with Crippen molar-refractivity contribution in [3.05, 3.63) is 0 Å². The van der Waals surface area contributed by atoms with Crippen molar-refractivity contribution < 1.29 is 9.53 Å². The Labute approximate surface area is 330 Å². The van der Waals surface area contributed by atoms with Crippen LogP contribution in [0.15, 0.2) is 0 Å². The molecular formula is C50H100O2. The Bertz CT molecular complexity index is 630. The first-order chi connectivity index (χ1) is 25.8. The quantitative estimate of drug-likeness (QED) is 0.0460. The van der Waals surface area contributed by atoms with Crippen LogP contribution in [-0.2, 0) is 9.53 Å². The molecule has 0 rings (SSSR count). The first kappa shape index (κ1) is 51.5. The summed E-state index contributed by atoms with van der Waals surface area (Å²) in [6.45, 7) is 5.24. The van der Waals surface area contributed by atoms with Crippen LogP contribution < -0.4 is 0 Å². The van der Waals surface area contributed by atoms with E-state index in [9.17, 15) is 4.79 Å². The number of hydrogen-bond donors (Lipinski definition) is 0. The van der Waals surface area contributed by atoms with E-state index in [-0.39, 0.29) is 5.97 Å². The molecule has 0 aliphatic heterocycles. The van der Waals surface area contributed by atoms with E-state index in [1.54, 1.807) is 0 Å². The van der Waals surface area contributed by atoms with E-state index in [2.05, 4.69) is 13.8 Å². The van der Waals surface area contributed by atoms with Gasteiger partial charge >= 0.3 is 5.97 Å². The highest BCUT2D eigenvalue weighted by atomic mass is 16.5. The number of carbonyl (C=O) groups excluding carboxylic acids is 1. The highest BCUT2D eigenvalue weighted by Gasteiger charge is 2.03. The van der Waals surface area contributed by atoms with Crippen LogP contribution in [0.1, 0.15) is 309 Å². The maximum Gasteiger partial charge on any atom is 0.305 e. The number of carbonyl (C=O) groups is 1. The molecule has 0 fully saturated rings. The summed E-state index contributed by atoms with van der Waals surface area (Å²) in [5.41, 5.74) is 0. The zero-order valence-corrected chi connectivity index (χ0v) is 36.6. The normalized spacial score (nSPS) is 11.5. The third-order valence-electron chi connectivity index (χ3n) is 11.7. The van der Waals surface area contributed by atoms with Crippen molar-refractivity contribution in [1.82, 2.24) is 0 Å². The molecule has 0 spiro atoms. The molecule has 0 saturated carbocycles. The van der Waals surface area contributed by atoms with E-state index < -0.39 is 0 Å². The SMILES string of the molecule is CCCCCCCCCCCCCCCCCCCCCCCCCCCCOC(=O)CCCCCCCCCCCCCCCCCCCCC. The van der Waals surface area contributed by atoms with Crippen molar-refractivity contribution in [2.24, 2.45) is 0 Å². The van der Waals surface area contributed by atoms with E-state index in [0.717, 1.165) is 12.8 Å². The van der Waals surface area contributed by atoms with Gasteiger partial charge in [-0.05, 0) is 12.8 Å². The molecule has 0 aromatic carbocycles. The van der Waals surface area contributed by atoms with Gasteiger partial charge in [0.15, 0.2) is 0 Å². The van der Waals surface area contributed by atoms with Gasteiger partial charge in [0.2, 0.25) is 0 Å². The van der Waals surface area contributed by atoms with Crippen molar-refractivity contribution in [2.75, 3.05) is 6.61 Å². The summed E-state index contributed by atoms with van der Waals surface area (Å²) < 4.78 is 5.49. The lowest BCUT2D eigenvalue weighted by molar-refractivity contribution is -0.143. The molecule has 0 aromatic heterocycles. The van der Waals surface area contributed by atoms with E-state index in [0.29, 0.717) is 13.0 Å².